The quantitative estimate of drug-likeness (QED) is 0.736. The van der Waals surface area contributed by atoms with Crippen LogP contribution in [0.2, 0.25) is 0 Å². The molecule has 0 N–H and O–H groups in total. The maximum absolute atomic E-state index is 12.0. The van der Waals surface area contributed by atoms with Crippen LogP contribution < -0.4 is 0 Å². The van der Waals surface area contributed by atoms with Gasteiger partial charge in [-0.1, -0.05) is 13.8 Å². The summed E-state index contributed by atoms with van der Waals surface area (Å²) in [6, 6.07) is 0. The monoisotopic (exact) mass is 266 g/mol. The third-order valence-electron chi connectivity index (χ3n) is 5.43. The number of esters is 2. The van der Waals surface area contributed by atoms with E-state index in [2.05, 4.69) is 0 Å². The molecule has 0 aromatic rings. The summed E-state index contributed by atoms with van der Waals surface area (Å²) in [6.07, 6.45) is 4.44. The standard InChI is InChI=1S/C15H22O4/c1-3-9(2)13(16)19-12-7-10-6-11(12)15(8-10)4-5-18-14(15)17/h9-12H,3-8H2,1-2H3. The molecule has 19 heavy (non-hydrogen) atoms. The first-order valence-electron chi connectivity index (χ1n) is 7.44. The minimum absolute atomic E-state index is 0.0504. The molecule has 2 saturated carbocycles. The van der Waals surface area contributed by atoms with Gasteiger partial charge in [-0.25, -0.2) is 0 Å². The molecule has 4 heteroatoms. The number of carbonyl (C=O) groups is 2. The first-order valence-corrected chi connectivity index (χ1v) is 7.44. The van der Waals surface area contributed by atoms with E-state index in [0.29, 0.717) is 12.5 Å². The van der Waals surface area contributed by atoms with Crippen molar-refractivity contribution in [2.24, 2.45) is 23.2 Å². The van der Waals surface area contributed by atoms with Crippen LogP contribution >= 0.6 is 0 Å². The van der Waals surface area contributed by atoms with Crippen LogP contribution in [-0.2, 0) is 19.1 Å². The van der Waals surface area contributed by atoms with Crippen LogP contribution in [0.25, 0.3) is 0 Å². The lowest BCUT2D eigenvalue weighted by atomic mass is 9.71. The summed E-state index contributed by atoms with van der Waals surface area (Å²) in [7, 11) is 0. The minimum atomic E-state index is -0.330. The van der Waals surface area contributed by atoms with Gasteiger partial charge < -0.3 is 9.47 Å². The average molecular weight is 266 g/mol. The van der Waals surface area contributed by atoms with Gasteiger partial charge in [0, 0.05) is 5.92 Å². The van der Waals surface area contributed by atoms with Gasteiger partial charge in [-0.3, -0.25) is 9.59 Å². The number of rotatable bonds is 3. The lowest BCUT2D eigenvalue weighted by Gasteiger charge is -2.35. The number of hydrogen-bond donors (Lipinski definition) is 0. The smallest absolute Gasteiger partial charge is 0.312 e. The summed E-state index contributed by atoms with van der Waals surface area (Å²) in [4.78, 5) is 24.0. The zero-order valence-electron chi connectivity index (χ0n) is 11.7. The van der Waals surface area contributed by atoms with Crippen LogP contribution in [0.3, 0.4) is 0 Å². The molecule has 3 fully saturated rings. The molecule has 5 atom stereocenters. The second-order valence-corrected chi connectivity index (χ2v) is 6.47. The molecule has 2 bridgehead atoms. The second-order valence-electron chi connectivity index (χ2n) is 6.47. The van der Waals surface area contributed by atoms with Gasteiger partial charge in [0.1, 0.15) is 6.10 Å². The summed E-state index contributed by atoms with van der Waals surface area (Å²) < 4.78 is 10.9. The number of hydrogen-bond acceptors (Lipinski definition) is 4. The van der Waals surface area contributed by atoms with Gasteiger partial charge in [-0.05, 0) is 38.0 Å². The Labute approximate surface area is 113 Å². The largest absolute Gasteiger partial charge is 0.465 e. The fourth-order valence-electron chi connectivity index (χ4n) is 4.17. The van der Waals surface area contributed by atoms with Crippen molar-refractivity contribution in [2.75, 3.05) is 6.61 Å². The Balaban J connectivity index is 1.72. The van der Waals surface area contributed by atoms with Crippen molar-refractivity contribution in [3.05, 3.63) is 0 Å². The molecule has 0 aromatic heterocycles. The topological polar surface area (TPSA) is 52.6 Å². The molecule has 0 radical (unpaired) electrons. The molecule has 0 amide bonds. The van der Waals surface area contributed by atoms with Crippen molar-refractivity contribution < 1.29 is 19.1 Å². The van der Waals surface area contributed by atoms with Crippen LogP contribution in [0.4, 0.5) is 0 Å². The van der Waals surface area contributed by atoms with Crippen LogP contribution in [0.5, 0.6) is 0 Å². The van der Waals surface area contributed by atoms with E-state index in [9.17, 15) is 9.59 Å². The molecule has 1 heterocycles. The Kier molecular flexibility index (Phi) is 3.06. The molecule has 1 saturated heterocycles. The Hall–Kier alpha value is -1.06. The van der Waals surface area contributed by atoms with Crippen molar-refractivity contribution >= 4 is 11.9 Å². The number of ether oxygens (including phenoxy) is 2. The zero-order valence-corrected chi connectivity index (χ0v) is 11.7. The average Bonchev–Trinajstić information content (AvgIpc) is 3.05. The van der Waals surface area contributed by atoms with Gasteiger partial charge in [-0.15, -0.1) is 0 Å². The van der Waals surface area contributed by atoms with Crippen LogP contribution in [0.15, 0.2) is 0 Å². The molecule has 4 nitrogen and oxygen atoms in total. The lowest BCUT2D eigenvalue weighted by molar-refractivity contribution is -0.164. The summed E-state index contributed by atoms with van der Waals surface area (Å²) >= 11 is 0. The fourth-order valence-corrected chi connectivity index (χ4v) is 4.17. The predicted octanol–water partition coefficient (Wildman–Crippen LogP) is 2.31. The number of cyclic esters (lactones) is 1. The van der Waals surface area contributed by atoms with E-state index < -0.39 is 0 Å². The highest BCUT2D eigenvalue weighted by Gasteiger charge is 2.63. The molecule has 3 aliphatic rings. The van der Waals surface area contributed by atoms with Gasteiger partial charge in [0.05, 0.1) is 17.9 Å². The zero-order chi connectivity index (χ0) is 13.6. The maximum atomic E-state index is 12.0. The second kappa shape index (κ2) is 4.50. The van der Waals surface area contributed by atoms with E-state index in [1.165, 1.54) is 0 Å². The van der Waals surface area contributed by atoms with E-state index in [1.807, 2.05) is 13.8 Å². The minimum Gasteiger partial charge on any atom is -0.465 e. The van der Waals surface area contributed by atoms with E-state index in [-0.39, 0.29) is 35.3 Å². The fraction of sp³-hybridized carbons (Fsp3) is 0.867. The maximum Gasteiger partial charge on any atom is 0.312 e. The summed E-state index contributed by atoms with van der Waals surface area (Å²) in [6.45, 7) is 4.42. The molecule has 1 spiro atoms. The summed E-state index contributed by atoms with van der Waals surface area (Å²) in [5.74, 6) is 0.516. The highest BCUT2D eigenvalue weighted by Crippen LogP contribution is 2.60. The van der Waals surface area contributed by atoms with Crippen LogP contribution in [-0.4, -0.2) is 24.6 Å². The van der Waals surface area contributed by atoms with E-state index in [1.54, 1.807) is 0 Å². The number of carbonyl (C=O) groups excluding carboxylic acids is 2. The van der Waals surface area contributed by atoms with Crippen LogP contribution in [0.1, 0.15) is 46.0 Å². The van der Waals surface area contributed by atoms with E-state index in [4.69, 9.17) is 9.47 Å². The summed E-state index contributed by atoms with van der Waals surface area (Å²) in [5, 5.41) is 0. The first kappa shape index (κ1) is 12.9. The number of fused-ring (bicyclic) bond motifs is 3. The lowest BCUT2D eigenvalue weighted by Crippen LogP contribution is -2.41. The highest BCUT2D eigenvalue weighted by molar-refractivity contribution is 5.80. The van der Waals surface area contributed by atoms with Gasteiger partial charge in [0.15, 0.2) is 0 Å². The molecule has 5 unspecified atom stereocenters. The SMILES string of the molecule is CCC(C)C(=O)OC1CC2CC1C1(CCOC1=O)C2. The molecule has 3 rings (SSSR count). The Morgan fingerprint density at radius 3 is 2.89 bits per heavy atom. The van der Waals surface area contributed by atoms with Crippen molar-refractivity contribution in [3.63, 3.8) is 0 Å². The Morgan fingerprint density at radius 1 is 1.53 bits per heavy atom. The van der Waals surface area contributed by atoms with Crippen LogP contribution in [0, 0.1) is 23.2 Å². The van der Waals surface area contributed by atoms with Gasteiger partial charge >= 0.3 is 11.9 Å². The Morgan fingerprint density at radius 2 is 2.32 bits per heavy atom. The molecule has 106 valence electrons. The normalized spacial score (nSPS) is 41.6. The molecular weight excluding hydrogens is 244 g/mol. The molecular formula is C15H22O4. The van der Waals surface area contributed by atoms with Crippen molar-refractivity contribution in [1.82, 2.24) is 0 Å². The van der Waals surface area contributed by atoms with Gasteiger partial charge in [0.2, 0.25) is 0 Å². The van der Waals surface area contributed by atoms with E-state index >= 15 is 0 Å². The molecule has 1 aliphatic heterocycles. The highest BCUT2D eigenvalue weighted by atomic mass is 16.6. The van der Waals surface area contributed by atoms with Crippen molar-refractivity contribution in [2.45, 2.75) is 52.1 Å². The Bertz CT molecular complexity index is 405. The van der Waals surface area contributed by atoms with Crippen molar-refractivity contribution in [1.29, 1.82) is 0 Å². The predicted molar refractivity (Wildman–Crippen MR) is 68.2 cm³/mol. The third kappa shape index (κ3) is 1.87. The first-order chi connectivity index (χ1) is 9.06. The third-order valence-corrected chi connectivity index (χ3v) is 5.43. The van der Waals surface area contributed by atoms with Crippen molar-refractivity contribution in [3.8, 4) is 0 Å². The summed E-state index contributed by atoms with van der Waals surface area (Å²) in [5.41, 5.74) is -0.330. The van der Waals surface area contributed by atoms with Gasteiger partial charge in [0.25, 0.3) is 0 Å². The van der Waals surface area contributed by atoms with E-state index in [0.717, 1.165) is 32.1 Å². The molecule has 0 aromatic carbocycles. The van der Waals surface area contributed by atoms with Gasteiger partial charge in [-0.2, -0.15) is 0 Å². The molecule has 2 aliphatic carbocycles.